The molecule has 0 aliphatic carbocycles. The van der Waals surface area contributed by atoms with Gasteiger partial charge in [0.05, 0.1) is 5.76 Å². The molecule has 0 atom stereocenters. The Labute approximate surface area is 655 Å². The van der Waals surface area contributed by atoms with Crippen molar-refractivity contribution in [2.75, 3.05) is 98.9 Å². The minimum absolute atomic E-state index is 0. The van der Waals surface area contributed by atoms with E-state index in [0.717, 1.165) is 175 Å². The van der Waals surface area contributed by atoms with Crippen LogP contribution in [-0.2, 0) is 71.3 Å². The predicted molar refractivity (Wildman–Crippen MR) is 452 cm³/mol. The van der Waals surface area contributed by atoms with Crippen LogP contribution in [0.15, 0.2) is 164 Å². The van der Waals surface area contributed by atoms with Gasteiger partial charge < -0.3 is 57.6 Å². The number of hydrogen-bond donors (Lipinski definition) is 0. The number of hydrogen-bond acceptors (Lipinski definition) is 16. The molecule has 2 N–H and O–H groups in total. The van der Waals surface area contributed by atoms with Gasteiger partial charge in [-0.05, 0) is 167 Å². The number of carbonyl (C=O) groups excluding carboxylic acids is 4. The maximum atomic E-state index is 11.6. The second-order valence-electron chi connectivity index (χ2n) is 24.8. The number of carbonyl (C=O) groups is 4. The van der Waals surface area contributed by atoms with E-state index in [0.29, 0.717) is 58.2 Å². The van der Waals surface area contributed by atoms with Gasteiger partial charge in [0.15, 0.2) is 0 Å². The lowest BCUT2D eigenvalue weighted by atomic mass is 10.1. The van der Waals surface area contributed by atoms with Gasteiger partial charge in [0.2, 0.25) is 0 Å². The Kier molecular flexibility index (Phi) is 107. The zero-order valence-electron chi connectivity index (χ0n) is 69.2. The van der Waals surface area contributed by atoms with E-state index in [1.807, 2.05) is 39.8 Å². The molecule has 0 amide bonds. The molecule has 107 heavy (non-hydrogen) atoms. The first kappa shape index (κ1) is 114. The molecule has 17 heteroatoms. The summed E-state index contributed by atoms with van der Waals surface area (Å²) in [6.45, 7) is 72.2. The van der Waals surface area contributed by atoms with E-state index in [1.165, 1.54) is 102 Å². The molecule has 0 fully saturated rings. The molecule has 0 spiro atoms. The molecule has 0 aliphatic rings. The molecule has 622 valence electrons. The summed E-state index contributed by atoms with van der Waals surface area (Å²) in [5, 5.41) is 0. The summed E-state index contributed by atoms with van der Waals surface area (Å²) < 4.78 is 57.6. The van der Waals surface area contributed by atoms with E-state index in [2.05, 4.69) is 104 Å². The van der Waals surface area contributed by atoms with Crippen LogP contribution in [0.25, 0.3) is 0 Å². The van der Waals surface area contributed by atoms with Gasteiger partial charge in [-0.3, -0.25) is 24.1 Å². The van der Waals surface area contributed by atoms with Gasteiger partial charge in [-0.15, -0.1) is 26.3 Å². The van der Waals surface area contributed by atoms with Crippen molar-refractivity contribution in [3.63, 3.8) is 0 Å². The highest BCUT2D eigenvalue weighted by Gasteiger charge is 2.13. The van der Waals surface area contributed by atoms with Gasteiger partial charge in [-0.2, -0.15) is 0 Å². The molecule has 0 aromatic rings. The molecule has 0 saturated carbocycles. The molecular formula is C90H161NO16. The molecule has 0 unspecified atom stereocenters. The third-order valence-corrected chi connectivity index (χ3v) is 15.6. The SMILES string of the molecule is C=CC(C=C)OC(=C)CCCCCCCCCCCOCC.C=CC(C=C)OC(=O)CCCCCCCOCC.C=CC(C=C)OC(=O)CCCCCOCC.C=CC(C=C)OC(=O)CCCOCC.C=CCC(CC=C)OC(=O)CCCCCOCC.C=CCN(CC=C)CCCCCCCCOCC.O. The maximum absolute atomic E-state index is 11.6. The third kappa shape index (κ3) is 98.0. The Morgan fingerprint density at radius 3 is 0.776 bits per heavy atom. The number of nitrogens with zero attached hydrogens (tertiary/aromatic N) is 1. The number of ether oxygens (including phenoxy) is 11. The average molecular weight is 1510 g/mol. The van der Waals surface area contributed by atoms with Gasteiger partial charge in [0.25, 0.3) is 0 Å². The van der Waals surface area contributed by atoms with Crippen LogP contribution in [0.1, 0.15) is 260 Å². The van der Waals surface area contributed by atoms with Crippen molar-refractivity contribution in [2.24, 2.45) is 0 Å². The van der Waals surface area contributed by atoms with Crippen molar-refractivity contribution >= 4 is 23.9 Å². The van der Waals surface area contributed by atoms with Crippen molar-refractivity contribution in [2.45, 2.75) is 290 Å². The predicted octanol–water partition coefficient (Wildman–Crippen LogP) is 21.7. The van der Waals surface area contributed by atoms with Crippen LogP contribution in [0, 0.1) is 0 Å². The van der Waals surface area contributed by atoms with Crippen LogP contribution in [0.5, 0.6) is 0 Å². The van der Waals surface area contributed by atoms with Gasteiger partial charge in [-0.25, -0.2) is 0 Å². The van der Waals surface area contributed by atoms with E-state index < -0.39 is 0 Å². The van der Waals surface area contributed by atoms with E-state index in [9.17, 15) is 19.2 Å². The Morgan fingerprint density at radius 1 is 0.280 bits per heavy atom. The van der Waals surface area contributed by atoms with Crippen LogP contribution in [-0.4, -0.2) is 164 Å². The Balaban J connectivity index is -0.000000225. The normalized spacial score (nSPS) is 10.3. The Morgan fingerprint density at radius 2 is 0.505 bits per heavy atom. The molecule has 17 nitrogen and oxygen atoms in total. The van der Waals surface area contributed by atoms with Crippen LogP contribution in [0.2, 0.25) is 0 Å². The molecule has 0 bridgehead atoms. The largest absolute Gasteiger partial charge is 0.487 e. The number of allylic oxidation sites excluding steroid dienone is 1. The van der Waals surface area contributed by atoms with Crippen LogP contribution in [0.3, 0.4) is 0 Å². The summed E-state index contributed by atoms with van der Waals surface area (Å²) >= 11 is 0. The summed E-state index contributed by atoms with van der Waals surface area (Å²) in [5.41, 5.74) is 0. The van der Waals surface area contributed by atoms with Crippen molar-refractivity contribution < 1.29 is 76.8 Å². The molecule has 0 rings (SSSR count). The standard InChI is InChI=1S/C20H36O2.C16H31NO.2C15H26O3.C13H22O3.C11H18O3.H2O/c1-5-20(6-2)22-19(4)17-15-13-11-9-8-10-12-14-16-18-21-7-3;1-4-13-17(14-5-2)15-11-9-7-8-10-12-16-18-6-3;1-4-14(5-2)18-15(16)12-10-8-7-9-11-13-17-6-3;1-4-10-14(11-5-2)18-15(16)12-8-7-9-13-17-6-3;1-4-12(5-2)16-13(14)10-8-7-9-11-15-6-3;1-4-10(5-2)14-11(12)8-7-9-13-6-3;/h5-6,20H,1-2,4,7-18H2,3H3;4-5H,1-2,6-16H2,3H3;2*4-5,14H,1-2,6-13H2,3H3;4-5,12H,1-2,6-11H2,3H3;4-5,10H,1-2,6-9H2,3H3;1H2. The first-order valence-corrected chi connectivity index (χ1v) is 40.3. The lowest BCUT2D eigenvalue weighted by molar-refractivity contribution is -0.149. The maximum Gasteiger partial charge on any atom is 0.306 e. The fourth-order valence-electron chi connectivity index (χ4n) is 9.58. The van der Waals surface area contributed by atoms with E-state index in [1.54, 1.807) is 48.6 Å². The zero-order valence-corrected chi connectivity index (χ0v) is 69.2. The minimum atomic E-state index is -0.380. The highest BCUT2D eigenvalue weighted by molar-refractivity contribution is 5.71. The fourth-order valence-corrected chi connectivity index (χ4v) is 9.58. The number of unbranched alkanes of at least 4 members (excludes halogenated alkanes) is 21. The summed E-state index contributed by atoms with van der Waals surface area (Å²) in [5.74, 6) is 0.115. The summed E-state index contributed by atoms with van der Waals surface area (Å²) in [7, 11) is 0. The first-order chi connectivity index (χ1) is 51.5. The smallest absolute Gasteiger partial charge is 0.306 e. The molecular weight excluding hydrogens is 1350 g/mol. The topological polar surface area (TPSA) is 205 Å². The first-order valence-electron chi connectivity index (χ1n) is 40.3. The minimum Gasteiger partial charge on any atom is -0.487 e. The second kappa shape index (κ2) is 100.0. The summed E-state index contributed by atoms with van der Waals surface area (Å²) in [4.78, 5) is 47.8. The number of rotatable bonds is 73. The zero-order chi connectivity index (χ0) is 80.3. The van der Waals surface area contributed by atoms with Crippen LogP contribution >= 0.6 is 0 Å². The van der Waals surface area contributed by atoms with Gasteiger partial charge in [0, 0.05) is 137 Å². The summed E-state index contributed by atoms with van der Waals surface area (Å²) in [6.07, 6.45) is 54.3. The van der Waals surface area contributed by atoms with Crippen LogP contribution in [0.4, 0.5) is 0 Å². The van der Waals surface area contributed by atoms with Gasteiger partial charge >= 0.3 is 23.9 Å². The van der Waals surface area contributed by atoms with E-state index in [4.69, 9.17) is 52.1 Å². The quantitative estimate of drug-likeness (QED) is 0.0183. The van der Waals surface area contributed by atoms with Crippen molar-refractivity contribution in [3.05, 3.63) is 164 Å². The van der Waals surface area contributed by atoms with Crippen LogP contribution < -0.4 is 0 Å². The molecule has 0 aromatic carbocycles. The molecule has 0 aliphatic heterocycles. The Hall–Kier alpha value is -6.02. The van der Waals surface area contributed by atoms with Gasteiger partial charge in [0.1, 0.15) is 30.5 Å². The Bertz CT molecular complexity index is 2040. The van der Waals surface area contributed by atoms with E-state index in [-0.39, 0.29) is 59.9 Å². The monoisotopic (exact) mass is 1510 g/mol. The van der Waals surface area contributed by atoms with Crippen molar-refractivity contribution in [3.8, 4) is 0 Å². The number of esters is 4. The fraction of sp³-hybridized carbons (Fsp3) is 0.667. The highest BCUT2D eigenvalue weighted by Crippen LogP contribution is 2.16. The van der Waals surface area contributed by atoms with E-state index >= 15 is 0 Å². The lowest BCUT2D eigenvalue weighted by Crippen LogP contribution is -2.24. The molecule has 0 radical (unpaired) electrons. The average Bonchev–Trinajstić information content (AvgIpc) is 1.14. The van der Waals surface area contributed by atoms with Crippen molar-refractivity contribution in [1.29, 1.82) is 0 Å². The molecule has 0 saturated heterocycles. The molecule has 0 heterocycles. The second-order valence-corrected chi connectivity index (χ2v) is 24.8. The van der Waals surface area contributed by atoms with Gasteiger partial charge in [-0.1, -0.05) is 186 Å². The highest BCUT2D eigenvalue weighted by atomic mass is 16.6. The van der Waals surface area contributed by atoms with Crippen molar-refractivity contribution in [1.82, 2.24) is 4.90 Å². The third-order valence-electron chi connectivity index (χ3n) is 15.6. The summed E-state index contributed by atoms with van der Waals surface area (Å²) in [6, 6.07) is 0. The molecule has 0 aromatic heterocycles. The lowest BCUT2D eigenvalue weighted by Gasteiger charge is -2.18.